The van der Waals surface area contributed by atoms with E-state index >= 15 is 0 Å². The Bertz CT molecular complexity index is 192. The Kier molecular flexibility index (Phi) is 4.90. The molecule has 0 fully saturated rings. The maximum absolute atomic E-state index is 11.7. The van der Waals surface area contributed by atoms with E-state index in [-0.39, 0.29) is 12.5 Å². The SMILES string of the molecule is CC(C)[C@@H](CO)NC(=O)CC(F)(F)F. The minimum absolute atomic E-state index is 0.0998. The zero-order chi connectivity index (χ0) is 11.4. The number of halogens is 3. The molecule has 0 aliphatic rings. The van der Waals surface area contributed by atoms with Crippen molar-refractivity contribution < 1.29 is 23.1 Å². The van der Waals surface area contributed by atoms with Crippen molar-refractivity contribution in [1.82, 2.24) is 5.32 Å². The zero-order valence-electron chi connectivity index (χ0n) is 8.06. The minimum Gasteiger partial charge on any atom is -0.394 e. The predicted octanol–water partition coefficient (Wildman–Crippen LogP) is 1.07. The van der Waals surface area contributed by atoms with Gasteiger partial charge in [-0.15, -0.1) is 0 Å². The molecule has 1 amide bonds. The van der Waals surface area contributed by atoms with Crippen LogP contribution >= 0.6 is 0 Å². The van der Waals surface area contributed by atoms with Crippen LogP contribution in [0.4, 0.5) is 13.2 Å². The Labute approximate surface area is 80.3 Å². The number of rotatable bonds is 4. The van der Waals surface area contributed by atoms with E-state index < -0.39 is 24.5 Å². The highest BCUT2D eigenvalue weighted by Crippen LogP contribution is 2.19. The third kappa shape index (κ3) is 5.80. The summed E-state index contributed by atoms with van der Waals surface area (Å²) in [5, 5.41) is 10.9. The van der Waals surface area contributed by atoms with Gasteiger partial charge in [-0.2, -0.15) is 13.2 Å². The van der Waals surface area contributed by atoms with Gasteiger partial charge in [0.15, 0.2) is 0 Å². The van der Waals surface area contributed by atoms with Crippen molar-refractivity contribution in [2.75, 3.05) is 6.61 Å². The van der Waals surface area contributed by atoms with Gasteiger partial charge in [0.1, 0.15) is 6.42 Å². The average molecular weight is 213 g/mol. The van der Waals surface area contributed by atoms with E-state index in [1.807, 2.05) is 0 Å². The van der Waals surface area contributed by atoms with Gasteiger partial charge >= 0.3 is 6.18 Å². The molecule has 3 nitrogen and oxygen atoms in total. The summed E-state index contributed by atoms with van der Waals surface area (Å²) in [6.07, 6.45) is -6.00. The molecule has 6 heteroatoms. The number of carbonyl (C=O) groups excluding carboxylic acids is 1. The number of aliphatic hydroxyl groups is 1. The molecule has 14 heavy (non-hydrogen) atoms. The van der Waals surface area contributed by atoms with Crippen LogP contribution in [0.25, 0.3) is 0 Å². The molecule has 1 atom stereocenters. The second-order valence-corrected chi connectivity index (χ2v) is 3.39. The van der Waals surface area contributed by atoms with Crippen molar-refractivity contribution in [3.05, 3.63) is 0 Å². The average Bonchev–Trinajstić information content (AvgIpc) is 1.96. The first-order valence-corrected chi connectivity index (χ1v) is 4.23. The van der Waals surface area contributed by atoms with Gasteiger partial charge in [0.05, 0.1) is 12.6 Å². The smallest absolute Gasteiger partial charge is 0.394 e. The van der Waals surface area contributed by atoms with Crippen molar-refractivity contribution in [1.29, 1.82) is 0 Å². The summed E-state index contributed by atoms with van der Waals surface area (Å²) in [5.74, 6) is -1.21. The second kappa shape index (κ2) is 5.19. The van der Waals surface area contributed by atoms with Gasteiger partial charge in [0.25, 0.3) is 0 Å². The van der Waals surface area contributed by atoms with Crippen LogP contribution in [0.5, 0.6) is 0 Å². The molecule has 2 N–H and O–H groups in total. The quantitative estimate of drug-likeness (QED) is 0.734. The van der Waals surface area contributed by atoms with Crippen molar-refractivity contribution in [3.63, 3.8) is 0 Å². The van der Waals surface area contributed by atoms with Crippen molar-refractivity contribution in [2.24, 2.45) is 5.92 Å². The molecule has 0 saturated carbocycles. The number of nitrogens with one attached hydrogen (secondary N) is 1. The second-order valence-electron chi connectivity index (χ2n) is 3.39. The number of alkyl halides is 3. The summed E-state index contributed by atoms with van der Waals surface area (Å²) in [6.45, 7) is 3.05. The predicted molar refractivity (Wildman–Crippen MR) is 44.5 cm³/mol. The summed E-state index contributed by atoms with van der Waals surface area (Å²) in [7, 11) is 0. The first-order valence-electron chi connectivity index (χ1n) is 4.23. The van der Waals surface area contributed by atoms with E-state index in [9.17, 15) is 18.0 Å². The number of hydrogen-bond acceptors (Lipinski definition) is 2. The van der Waals surface area contributed by atoms with Gasteiger partial charge in [-0.25, -0.2) is 0 Å². The van der Waals surface area contributed by atoms with E-state index in [1.165, 1.54) is 0 Å². The van der Waals surface area contributed by atoms with Crippen LogP contribution in [0.3, 0.4) is 0 Å². The molecule has 0 spiro atoms. The molecule has 0 bridgehead atoms. The highest BCUT2D eigenvalue weighted by Gasteiger charge is 2.32. The molecular weight excluding hydrogens is 199 g/mol. The molecule has 0 heterocycles. The Morgan fingerprint density at radius 3 is 2.21 bits per heavy atom. The van der Waals surface area contributed by atoms with Crippen LogP contribution in [0.15, 0.2) is 0 Å². The maximum Gasteiger partial charge on any atom is 0.397 e. The third-order valence-electron chi connectivity index (χ3n) is 1.71. The minimum atomic E-state index is -4.50. The van der Waals surface area contributed by atoms with Gasteiger partial charge in [-0.3, -0.25) is 4.79 Å². The van der Waals surface area contributed by atoms with E-state index in [4.69, 9.17) is 5.11 Å². The molecule has 0 aliphatic carbocycles. The third-order valence-corrected chi connectivity index (χ3v) is 1.71. The Balaban J connectivity index is 4.04. The highest BCUT2D eigenvalue weighted by molar-refractivity contribution is 5.76. The molecule has 0 aromatic heterocycles. The lowest BCUT2D eigenvalue weighted by Crippen LogP contribution is -2.42. The van der Waals surface area contributed by atoms with Crippen molar-refractivity contribution in [3.8, 4) is 0 Å². The van der Waals surface area contributed by atoms with Gasteiger partial charge in [0, 0.05) is 0 Å². The number of hydrogen-bond donors (Lipinski definition) is 2. The van der Waals surface area contributed by atoms with E-state index in [2.05, 4.69) is 5.32 Å². The van der Waals surface area contributed by atoms with Crippen LogP contribution in [0.1, 0.15) is 20.3 Å². The molecule has 0 saturated heterocycles. The largest absolute Gasteiger partial charge is 0.397 e. The lowest BCUT2D eigenvalue weighted by molar-refractivity contribution is -0.154. The first-order chi connectivity index (χ1) is 6.26. The molecule has 0 rings (SSSR count). The highest BCUT2D eigenvalue weighted by atomic mass is 19.4. The molecule has 0 unspecified atom stereocenters. The first kappa shape index (κ1) is 13.2. The lowest BCUT2D eigenvalue weighted by Gasteiger charge is -2.20. The summed E-state index contributed by atoms with van der Waals surface area (Å²) >= 11 is 0. The van der Waals surface area contributed by atoms with Crippen LogP contribution < -0.4 is 5.32 Å². The van der Waals surface area contributed by atoms with Crippen LogP contribution in [-0.4, -0.2) is 29.8 Å². The number of aliphatic hydroxyl groups excluding tert-OH is 1. The monoisotopic (exact) mass is 213 g/mol. The number of amides is 1. The van der Waals surface area contributed by atoms with Gasteiger partial charge in [-0.05, 0) is 5.92 Å². The normalized spacial score (nSPS) is 14.2. The fourth-order valence-corrected chi connectivity index (χ4v) is 0.863. The van der Waals surface area contributed by atoms with Crippen molar-refractivity contribution in [2.45, 2.75) is 32.5 Å². The van der Waals surface area contributed by atoms with E-state index in [0.717, 1.165) is 0 Å². The molecular formula is C8H14F3NO2. The molecule has 0 aliphatic heterocycles. The standard InChI is InChI=1S/C8H14F3NO2/c1-5(2)6(4-13)12-7(14)3-8(9,10)11/h5-6,13H,3-4H2,1-2H3,(H,12,14)/t6-/m1/s1. The van der Waals surface area contributed by atoms with E-state index in [1.54, 1.807) is 13.8 Å². The fourth-order valence-electron chi connectivity index (χ4n) is 0.863. The van der Waals surface area contributed by atoms with Crippen LogP contribution in [0.2, 0.25) is 0 Å². The summed E-state index contributed by atoms with van der Waals surface area (Å²) < 4.78 is 35.2. The number of carbonyl (C=O) groups is 1. The van der Waals surface area contributed by atoms with Crippen LogP contribution in [0, 0.1) is 5.92 Å². The zero-order valence-corrected chi connectivity index (χ0v) is 8.06. The fraction of sp³-hybridized carbons (Fsp3) is 0.875. The summed E-state index contributed by atoms with van der Waals surface area (Å²) in [5.41, 5.74) is 0. The molecule has 0 aromatic carbocycles. The Hall–Kier alpha value is -0.780. The van der Waals surface area contributed by atoms with Crippen molar-refractivity contribution >= 4 is 5.91 Å². The Morgan fingerprint density at radius 1 is 1.43 bits per heavy atom. The van der Waals surface area contributed by atoms with E-state index in [0.29, 0.717) is 0 Å². The van der Waals surface area contributed by atoms with Gasteiger partial charge in [-0.1, -0.05) is 13.8 Å². The topological polar surface area (TPSA) is 49.3 Å². The summed E-state index contributed by atoms with van der Waals surface area (Å²) in [4.78, 5) is 10.8. The van der Waals surface area contributed by atoms with Gasteiger partial charge in [0.2, 0.25) is 5.91 Å². The summed E-state index contributed by atoms with van der Waals surface area (Å²) in [6, 6.07) is -0.621. The lowest BCUT2D eigenvalue weighted by atomic mass is 10.1. The Morgan fingerprint density at radius 2 is 1.93 bits per heavy atom. The molecule has 0 radical (unpaired) electrons. The van der Waals surface area contributed by atoms with Gasteiger partial charge < -0.3 is 10.4 Å². The maximum atomic E-state index is 11.7. The molecule has 84 valence electrons. The van der Waals surface area contributed by atoms with Crippen LogP contribution in [-0.2, 0) is 4.79 Å². The molecule has 0 aromatic rings.